The molecule has 7 aromatic carbocycles. The third kappa shape index (κ3) is 10.6. The standard InChI is InChI=1S/C69H74N3O.Pt/c1-43-36-47(61-53(45-22-18-17-19-23-45)24-20-26-56(61)68(11,12)13)30-33-59(43)72-60-27-21-25-54(62(60)71-64(72)55-41-52(67(8,9)10)42-57(63(55)73)69(14,15)16)48-37-49(39-51(38-48)66(5,6)7)58-40-46(34-35-70-58)44-28-31-50(32-29-44)65(2,3)4;/h17-36,38-42,73H,1-16H3;/q-1;/i1D3,8D3,9D3,10D3,14D3,15D3,16D3;. The number of aromatic nitrogens is 3. The molecule has 9 aromatic rings. The van der Waals surface area contributed by atoms with E-state index in [4.69, 9.17) is 34.6 Å². The fourth-order valence-electron chi connectivity index (χ4n) is 9.49. The van der Waals surface area contributed by atoms with Crippen LogP contribution < -0.4 is 0 Å². The summed E-state index contributed by atoms with van der Waals surface area (Å²) in [5.74, 6) is -2.16. The molecule has 9 rings (SSSR count). The summed E-state index contributed by atoms with van der Waals surface area (Å²) < 4.78 is 189. The van der Waals surface area contributed by atoms with Gasteiger partial charge >= 0.3 is 0 Å². The van der Waals surface area contributed by atoms with Gasteiger partial charge in [-0.25, -0.2) is 4.98 Å². The number of para-hydroxylation sites is 1. The summed E-state index contributed by atoms with van der Waals surface area (Å²) in [5.41, 5.74) is -5.20. The smallest absolute Gasteiger partial charge is 0.148 e. The van der Waals surface area contributed by atoms with Crippen molar-refractivity contribution in [1.82, 2.24) is 14.5 Å². The van der Waals surface area contributed by atoms with E-state index >= 15 is 0 Å². The second kappa shape index (κ2) is 19.7. The maximum absolute atomic E-state index is 13.2. The molecule has 0 saturated heterocycles. The van der Waals surface area contributed by atoms with Crippen molar-refractivity contribution < 1.29 is 55.0 Å². The van der Waals surface area contributed by atoms with Gasteiger partial charge in [0, 0.05) is 67.3 Å². The molecule has 4 nitrogen and oxygen atoms in total. The number of fused-ring (bicyclic) bond motifs is 1. The number of hydrogen-bond acceptors (Lipinski definition) is 3. The Kier molecular flexibility index (Phi) is 8.76. The molecule has 0 aliphatic heterocycles. The Morgan fingerprint density at radius 3 is 1.81 bits per heavy atom. The van der Waals surface area contributed by atoms with E-state index in [0.717, 1.165) is 38.9 Å². The molecule has 2 heterocycles. The third-order valence-corrected chi connectivity index (χ3v) is 13.5. The minimum atomic E-state index is -4.25. The zero-order valence-corrected chi connectivity index (χ0v) is 45.3. The molecular weight excluding hydrogens is 1080 g/mol. The van der Waals surface area contributed by atoms with Crippen molar-refractivity contribution in [2.75, 3.05) is 0 Å². The molecule has 74 heavy (non-hydrogen) atoms. The molecule has 0 aliphatic carbocycles. The van der Waals surface area contributed by atoms with Crippen LogP contribution in [0.25, 0.3) is 83.9 Å². The topological polar surface area (TPSA) is 50.9 Å². The molecular formula is C69H74N3OPt-. The normalized spacial score (nSPS) is 17.9. The second-order valence-electron chi connectivity index (χ2n) is 22.1. The maximum atomic E-state index is 13.2. The Morgan fingerprint density at radius 2 is 1.15 bits per heavy atom. The van der Waals surface area contributed by atoms with Crippen LogP contribution in [-0.4, -0.2) is 19.6 Å². The Labute approximate surface area is 486 Å². The van der Waals surface area contributed by atoms with Gasteiger partial charge < -0.3 is 5.11 Å². The number of phenolic OH excluding ortho intramolecular Hbond substituents is 1. The molecule has 0 spiro atoms. The number of rotatable bonds is 7. The number of imidazole rings is 1. The number of pyridine rings is 1. The van der Waals surface area contributed by atoms with Crippen LogP contribution in [0.1, 0.15) is 166 Å². The van der Waals surface area contributed by atoms with Gasteiger partial charge in [0.05, 0.1) is 22.3 Å². The minimum absolute atomic E-state index is 0. The molecule has 0 radical (unpaired) electrons. The van der Waals surface area contributed by atoms with Gasteiger partial charge in [0.1, 0.15) is 11.6 Å². The monoisotopic (exact) mass is 1180 g/mol. The summed E-state index contributed by atoms with van der Waals surface area (Å²) in [4.78, 5) is 9.94. The van der Waals surface area contributed by atoms with Crippen LogP contribution in [0.3, 0.4) is 0 Å². The molecule has 2 aromatic heterocycles. The minimum Gasteiger partial charge on any atom is -0.507 e. The van der Waals surface area contributed by atoms with Crippen LogP contribution in [0.4, 0.5) is 0 Å². The van der Waals surface area contributed by atoms with E-state index in [0.29, 0.717) is 34.0 Å². The Morgan fingerprint density at radius 1 is 0.500 bits per heavy atom. The van der Waals surface area contributed by atoms with E-state index in [2.05, 4.69) is 39.0 Å². The van der Waals surface area contributed by atoms with Crippen LogP contribution in [0.15, 0.2) is 152 Å². The van der Waals surface area contributed by atoms with Crippen molar-refractivity contribution in [2.45, 2.75) is 137 Å². The first-order valence-electron chi connectivity index (χ1n) is 34.8. The van der Waals surface area contributed by atoms with Crippen molar-refractivity contribution in [1.29, 1.82) is 0 Å². The van der Waals surface area contributed by atoms with Crippen LogP contribution >= 0.6 is 0 Å². The van der Waals surface area contributed by atoms with Crippen LogP contribution in [0.2, 0.25) is 0 Å². The van der Waals surface area contributed by atoms with Gasteiger partial charge in [-0.3, -0.25) is 9.55 Å². The van der Waals surface area contributed by atoms with Crippen molar-refractivity contribution in [3.8, 4) is 78.6 Å². The van der Waals surface area contributed by atoms with Gasteiger partial charge in [-0.1, -0.05) is 218 Å². The average Bonchev–Trinajstić information content (AvgIpc) is 1.44. The number of aromatic hydroxyl groups is 1. The summed E-state index contributed by atoms with van der Waals surface area (Å²) in [6.45, 7) is -9.80. The molecule has 1 N–H and O–H groups in total. The van der Waals surface area contributed by atoms with Gasteiger partial charge in [0.2, 0.25) is 0 Å². The summed E-state index contributed by atoms with van der Waals surface area (Å²) in [5, 5.41) is 13.2. The van der Waals surface area contributed by atoms with Gasteiger partial charge in [-0.15, -0.1) is 29.3 Å². The number of phenols is 1. The predicted molar refractivity (Wildman–Crippen MR) is 310 cm³/mol. The average molecular weight is 1180 g/mol. The van der Waals surface area contributed by atoms with Gasteiger partial charge in [-0.05, 0) is 120 Å². The third-order valence-electron chi connectivity index (χ3n) is 13.5. The molecule has 5 heteroatoms. The Bertz CT molecular complexity index is 4270. The van der Waals surface area contributed by atoms with Gasteiger partial charge in [0.25, 0.3) is 0 Å². The van der Waals surface area contributed by atoms with Crippen LogP contribution in [0.5, 0.6) is 5.75 Å². The molecule has 0 atom stereocenters. The van der Waals surface area contributed by atoms with E-state index in [1.54, 1.807) is 24.4 Å². The zero-order valence-electron chi connectivity index (χ0n) is 64.0. The first kappa shape index (κ1) is 32.8. The van der Waals surface area contributed by atoms with Gasteiger partial charge in [-0.2, -0.15) is 0 Å². The van der Waals surface area contributed by atoms with Gasteiger partial charge in [0.15, 0.2) is 0 Å². The summed E-state index contributed by atoms with van der Waals surface area (Å²) in [7, 11) is 0. The second-order valence-corrected chi connectivity index (χ2v) is 22.1. The SMILES string of the molecule is [2H]C([2H])([2H])c1cc(-c2c(-c3ccccc3)cccc2C(C)(C)C)ccc1-n1c(-c2cc(C(C([2H])([2H])[2H])(C([2H])([2H])[2H])C([2H])([2H])[2H])cc(C(C([2H])([2H])[2H])(C([2H])([2H])[2H])C([2H])([2H])[2H])c2O)nc2c(-c3[c-]c(-c4cc(-c5ccc(C(C)(C)C)cc5)ccn4)cc(C(C)(C)C)c3)cccc21.[Pt]. The fraction of sp³-hybridized carbons (Fsp3) is 0.304. The molecule has 0 fully saturated rings. The number of hydrogen-bond donors (Lipinski definition) is 1. The summed E-state index contributed by atoms with van der Waals surface area (Å²) >= 11 is 0. The van der Waals surface area contributed by atoms with Crippen molar-refractivity contribution in [2.24, 2.45) is 0 Å². The first-order valence-corrected chi connectivity index (χ1v) is 24.3. The van der Waals surface area contributed by atoms with E-state index in [-0.39, 0.29) is 60.4 Å². The van der Waals surface area contributed by atoms with E-state index in [1.165, 1.54) is 22.8 Å². The Balaban J connectivity index is 0.0000116. The fourth-order valence-corrected chi connectivity index (χ4v) is 9.49. The van der Waals surface area contributed by atoms with Crippen molar-refractivity contribution in [3.63, 3.8) is 0 Å². The molecule has 382 valence electrons. The van der Waals surface area contributed by atoms with Crippen molar-refractivity contribution in [3.05, 3.63) is 191 Å². The molecule has 0 saturated carbocycles. The van der Waals surface area contributed by atoms with E-state index in [1.807, 2.05) is 126 Å². The van der Waals surface area contributed by atoms with Crippen LogP contribution in [-0.2, 0) is 48.1 Å². The quantitative estimate of drug-likeness (QED) is 0.162. The van der Waals surface area contributed by atoms with E-state index in [9.17, 15) is 9.22 Å². The molecule has 0 bridgehead atoms. The van der Waals surface area contributed by atoms with E-state index < -0.39 is 97.9 Å². The molecule has 0 aliphatic rings. The zero-order chi connectivity index (χ0) is 70.1. The Hall–Kier alpha value is -6.35. The van der Waals surface area contributed by atoms with Crippen molar-refractivity contribution >= 4 is 11.0 Å². The summed E-state index contributed by atoms with van der Waals surface area (Å²) in [6.07, 6.45) is 1.68. The number of aryl methyl sites for hydroxylation is 1. The number of nitrogens with zero attached hydrogens (tertiary/aromatic N) is 3. The maximum Gasteiger partial charge on any atom is 0.148 e. The van der Waals surface area contributed by atoms with Crippen LogP contribution in [0, 0.1) is 12.9 Å². The molecule has 0 unspecified atom stereocenters. The molecule has 0 amide bonds. The largest absolute Gasteiger partial charge is 0.507 e. The summed E-state index contributed by atoms with van der Waals surface area (Å²) in [6, 6.07) is 44.7. The number of benzene rings is 7. The first-order chi connectivity index (χ1) is 42.9. The predicted octanol–water partition coefficient (Wildman–Crippen LogP) is 18.7.